The van der Waals surface area contributed by atoms with E-state index in [9.17, 15) is 9.18 Å². The number of benzene rings is 1. The van der Waals surface area contributed by atoms with Crippen LogP contribution < -0.4 is 4.74 Å². The van der Waals surface area contributed by atoms with Crippen molar-refractivity contribution < 1.29 is 18.7 Å². The van der Waals surface area contributed by atoms with Gasteiger partial charge >= 0.3 is 5.97 Å². The van der Waals surface area contributed by atoms with Crippen LogP contribution in [0.1, 0.15) is 19.3 Å². The van der Waals surface area contributed by atoms with Crippen molar-refractivity contribution in [2.24, 2.45) is 0 Å². The summed E-state index contributed by atoms with van der Waals surface area (Å²) in [5, 5.41) is 0. The lowest BCUT2D eigenvalue weighted by molar-refractivity contribution is -0.146. The van der Waals surface area contributed by atoms with Gasteiger partial charge in [-0.05, 0) is 50.2 Å². The number of hydrogen-bond acceptors (Lipinski definition) is 4. The minimum Gasteiger partial charge on any atom is -0.482 e. The summed E-state index contributed by atoms with van der Waals surface area (Å²) in [6, 6.07) is 5.54. The Morgan fingerprint density at radius 2 is 1.85 bits per heavy atom. The Balaban J connectivity index is 1.59. The molecular formula is C15H20FNO3. The Hall–Kier alpha value is -1.62. The van der Waals surface area contributed by atoms with Crippen LogP contribution in [0.4, 0.5) is 4.39 Å². The molecule has 20 heavy (non-hydrogen) atoms. The molecular weight excluding hydrogens is 261 g/mol. The van der Waals surface area contributed by atoms with Crippen LogP contribution in [-0.2, 0) is 9.53 Å². The highest BCUT2D eigenvalue weighted by atomic mass is 19.1. The number of esters is 1. The van der Waals surface area contributed by atoms with Crippen LogP contribution in [0.5, 0.6) is 5.75 Å². The molecule has 0 unspecified atom stereocenters. The van der Waals surface area contributed by atoms with Crippen molar-refractivity contribution in [1.82, 2.24) is 4.90 Å². The first-order valence-electron chi connectivity index (χ1n) is 7.00. The van der Waals surface area contributed by atoms with E-state index < -0.39 is 5.97 Å². The molecule has 0 amide bonds. The molecule has 1 aliphatic rings. The first-order chi connectivity index (χ1) is 9.74. The number of halogens is 1. The Morgan fingerprint density at radius 1 is 1.15 bits per heavy atom. The molecule has 1 aromatic carbocycles. The third-order valence-corrected chi connectivity index (χ3v) is 3.29. The average Bonchev–Trinajstić information content (AvgIpc) is 2.48. The van der Waals surface area contributed by atoms with Crippen LogP contribution in [-0.4, -0.2) is 43.7 Å². The van der Waals surface area contributed by atoms with Gasteiger partial charge in [0.25, 0.3) is 0 Å². The summed E-state index contributed by atoms with van der Waals surface area (Å²) < 4.78 is 23.0. The molecule has 0 spiro atoms. The van der Waals surface area contributed by atoms with Crippen molar-refractivity contribution in [2.45, 2.75) is 19.3 Å². The lowest BCUT2D eigenvalue weighted by atomic mass is 10.1. The van der Waals surface area contributed by atoms with Gasteiger partial charge in [-0.3, -0.25) is 4.90 Å². The van der Waals surface area contributed by atoms with Crippen LogP contribution in [0.15, 0.2) is 24.3 Å². The molecule has 5 heteroatoms. The van der Waals surface area contributed by atoms with Gasteiger partial charge in [-0.2, -0.15) is 0 Å². The van der Waals surface area contributed by atoms with Crippen LogP contribution in [0, 0.1) is 5.82 Å². The van der Waals surface area contributed by atoms with E-state index in [0.29, 0.717) is 12.4 Å². The summed E-state index contributed by atoms with van der Waals surface area (Å²) >= 11 is 0. The number of hydrogen-bond donors (Lipinski definition) is 0. The third-order valence-electron chi connectivity index (χ3n) is 3.29. The third kappa shape index (κ3) is 5.17. The second-order valence-electron chi connectivity index (χ2n) is 4.87. The van der Waals surface area contributed by atoms with Gasteiger partial charge in [0.2, 0.25) is 0 Å². The topological polar surface area (TPSA) is 38.8 Å². The summed E-state index contributed by atoms with van der Waals surface area (Å²) in [7, 11) is 0. The predicted octanol–water partition coefficient (Wildman–Crippen LogP) is 2.23. The maximum atomic E-state index is 12.7. The standard InChI is InChI=1S/C15H20FNO3/c16-13-4-6-14(7-5-13)20-12-15(18)19-11-10-17-8-2-1-3-9-17/h4-7H,1-3,8-12H2. The molecule has 1 saturated heterocycles. The highest BCUT2D eigenvalue weighted by Gasteiger charge is 2.11. The quantitative estimate of drug-likeness (QED) is 0.750. The molecule has 2 rings (SSSR count). The van der Waals surface area contributed by atoms with Crippen molar-refractivity contribution in [3.05, 3.63) is 30.1 Å². The number of likely N-dealkylation sites (tertiary alicyclic amines) is 1. The molecule has 0 aromatic heterocycles. The molecule has 0 radical (unpaired) electrons. The molecule has 1 aromatic rings. The Kier molecular flexibility index (Phi) is 5.80. The molecule has 0 aliphatic carbocycles. The number of carbonyl (C=O) groups excluding carboxylic acids is 1. The van der Waals surface area contributed by atoms with E-state index in [4.69, 9.17) is 9.47 Å². The molecule has 1 heterocycles. The van der Waals surface area contributed by atoms with Crippen molar-refractivity contribution in [1.29, 1.82) is 0 Å². The second kappa shape index (κ2) is 7.85. The van der Waals surface area contributed by atoms with Gasteiger partial charge in [0.15, 0.2) is 6.61 Å². The smallest absolute Gasteiger partial charge is 0.344 e. The monoisotopic (exact) mass is 281 g/mol. The lowest BCUT2D eigenvalue weighted by Gasteiger charge is -2.25. The Bertz CT molecular complexity index is 416. The molecule has 0 bridgehead atoms. The van der Waals surface area contributed by atoms with Crippen molar-refractivity contribution >= 4 is 5.97 Å². The van der Waals surface area contributed by atoms with Gasteiger partial charge in [0, 0.05) is 6.54 Å². The van der Waals surface area contributed by atoms with Crippen LogP contribution in [0.25, 0.3) is 0 Å². The largest absolute Gasteiger partial charge is 0.482 e. The molecule has 0 saturated carbocycles. The normalized spacial score (nSPS) is 15.8. The van der Waals surface area contributed by atoms with E-state index in [1.54, 1.807) is 0 Å². The highest BCUT2D eigenvalue weighted by Crippen LogP contribution is 2.11. The number of carbonyl (C=O) groups is 1. The van der Waals surface area contributed by atoms with Crippen molar-refractivity contribution in [3.63, 3.8) is 0 Å². The second-order valence-corrected chi connectivity index (χ2v) is 4.87. The zero-order valence-corrected chi connectivity index (χ0v) is 11.5. The first-order valence-corrected chi connectivity index (χ1v) is 7.00. The van der Waals surface area contributed by atoms with Crippen LogP contribution in [0.3, 0.4) is 0 Å². The van der Waals surface area contributed by atoms with Crippen LogP contribution >= 0.6 is 0 Å². The fraction of sp³-hybridized carbons (Fsp3) is 0.533. The van der Waals surface area contributed by atoms with Gasteiger partial charge in [-0.25, -0.2) is 9.18 Å². The zero-order valence-electron chi connectivity index (χ0n) is 11.5. The van der Waals surface area contributed by atoms with Gasteiger partial charge in [-0.1, -0.05) is 6.42 Å². The van der Waals surface area contributed by atoms with E-state index in [0.717, 1.165) is 19.6 Å². The van der Waals surface area contributed by atoms with E-state index in [1.807, 2.05) is 0 Å². The number of nitrogens with zero attached hydrogens (tertiary/aromatic N) is 1. The number of piperidine rings is 1. The van der Waals surface area contributed by atoms with Crippen LogP contribution in [0.2, 0.25) is 0 Å². The van der Waals surface area contributed by atoms with E-state index in [1.165, 1.54) is 43.5 Å². The van der Waals surface area contributed by atoms with Gasteiger partial charge in [-0.15, -0.1) is 0 Å². The molecule has 1 aliphatic heterocycles. The molecule has 0 N–H and O–H groups in total. The first kappa shape index (κ1) is 14.8. The predicted molar refractivity (Wildman–Crippen MR) is 73.1 cm³/mol. The average molecular weight is 281 g/mol. The molecule has 4 nitrogen and oxygen atoms in total. The molecule has 1 fully saturated rings. The zero-order chi connectivity index (χ0) is 14.2. The highest BCUT2D eigenvalue weighted by molar-refractivity contribution is 5.71. The van der Waals surface area contributed by atoms with Gasteiger partial charge in [0.1, 0.15) is 18.2 Å². The van der Waals surface area contributed by atoms with Crippen molar-refractivity contribution in [2.75, 3.05) is 32.8 Å². The summed E-state index contributed by atoms with van der Waals surface area (Å²) in [6.07, 6.45) is 3.74. The fourth-order valence-electron chi connectivity index (χ4n) is 2.19. The number of ether oxygens (including phenoxy) is 2. The Morgan fingerprint density at radius 3 is 2.55 bits per heavy atom. The molecule has 0 atom stereocenters. The SMILES string of the molecule is O=C(COc1ccc(F)cc1)OCCN1CCCCC1. The van der Waals surface area contributed by atoms with E-state index in [2.05, 4.69) is 4.90 Å². The van der Waals surface area contributed by atoms with Crippen molar-refractivity contribution in [3.8, 4) is 5.75 Å². The summed E-state index contributed by atoms with van der Waals surface area (Å²) in [5.41, 5.74) is 0. The van der Waals surface area contributed by atoms with Gasteiger partial charge in [0.05, 0.1) is 0 Å². The van der Waals surface area contributed by atoms with E-state index in [-0.39, 0.29) is 12.4 Å². The maximum absolute atomic E-state index is 12.7. The fourth-order valence-corrected chi connectivity index (χ4v) is 2.19. The maximum Gasteiger partial charge on any atom is 0.344 e. The Labute approximate surface area is 118 Å². The lowest BCUT2D eigenvalue weighted by Crippen LogP contribution is -2.33. The summed E-state index contributed by atoms with van der Waals surface area (Å²) in [6.45, 7) is 3.20. The van der Waals surface area contributed by atoms with E-state index >= 15 is 0 Å². The number of rotatable bonds is 6. The minimum atomic E-state index is -0.397. The minimum absolute atomic E-state index is 0.147. The summed E-state index contributed by atoms with van der Waals surface area (Å²) in [5.74, 6) is -0.271. The summed E-state index contributed by atoms with van der Waals surface area (Å²) in [4.78, 5) is 13.8. The molecule has 110 valence electrons. The van der Waals surface area contributed by atoms with Gasteiger partial charge < -0.3 is 9.47 Å².